The number of nitrogens with one attached hydrogen (secondary N) is 1. The van der Waals surface area contributed by atoms with Crippen molar-refractivity contribution < 1.29 is 0 Å². The van der Waals surface area contributed by atoms with Crippen molar-refractivity contribution in [2.45, 2.75) is 19.4 Å². The van der Waals surface area contributed by atoms with Gasteiger partial charge in [-0.1, -0.05) is 6.92 Å². The van der Waals surface area contributed by atoms with E-state index in [-0.39, 0.29) is 6.04 Å². The van der Waals surface area contributed by atoms with Crippen LogP contribution in [0.1, 0.15) is 25.1 Å². The summed E-state index contributed by atoms with van der Waals surface area (Å²) >= 11 is 0. The lowest BCUT2D eigenvalue weighted by Crippen LogP contribution is -2.28. The molecule has 0 aliphatic rings. The van der Waals surface area contributed by atoms with Crippen molar-refractivity contribution in [1.29, 1.82) is 0 Å². The second-order valence-electron chi connectivity index (χ2n) is 2.56. The van der Waals surface area contributed by atoms with E-state index in [2.05, 4.69) is 17.3 Å². The molecule has 4 heteroatoms. The fraction of sp³-hybridized carbons (Fsp3) is 0.571. The van der Waals surface area contributed by atoms with Gasteiger partial charge in [-0.2, -0.15) is 0 Å². The van der Waals surface area contributed by atoms with Gasteiger partial charge in [0, 0.05) is 13.2 Å². The van der Waals surface area contributed by atoms with Crippen LogP contribution in [0.25, 0.3) is 0 Å². The number of hydrogen-bond acceptors (Lipinski definition) is 3. The van der Waals surface area contributed by atoms with Gasteiger partial charge in [0.1, 0.15) is 0 Å². The van der Waals surface area contributed by atoms with Crippen LogP contribution in [-0.4, -0.2) is 9.55 Å². The first-order valence-corrected chi connectivity index (χ1v) is 3.72. The quantitative estimate of drug-likeness (QED) is 0.487. The molecule has 3 N–H and O–H groups in total. The minimum Gasteiger partial charge on any atom is -0.336 e. The maximum Gasteiger partial charge on any atom is 0.0946 e. The van der Waals surface area contributed by atoms with Crippen molar-refractivity contribution in [3.05, 3.63) is 18.2 Å². The Morgan fingerprint density at radius 2 is 2.55 bits per heavy atom. The standard InChI is InChI=1S/C7H14N4/c1-3-6(10-8)7-4-9-5-11(7)2/h4-6,10H,3,8H2,1-2H3. The summed E-state index contributed by atoms with van der Waals surface area (Å²) in [5.74, 6) is 5.35. The summed E-state index contributed by atoms with van der Waals surface area (Å²) in [5, 5.41) is 0. The summed E-state index contributed by atoms with van der Waals surface area (Å²) in [6.07, 6.45) is 4.57. The van der Waals surface area contributed by atoms with Gasteiger partial charge in [-0.15, -0.1) is 0 Å². The molecule has 1 atom stereocenters. The van der Waals surface area contributed by atoms with Gasteiger partial charge in [0.2, 0.25) is 0 Å². The van der Waals surface area contributed by atoms with Gasteiger partial charge in [-0.3, -0.25) is 11.3 Å². The summed E-state index contributed by atoms with van der Waals surface area (Å²) in [7, 11) is 1.96. The predicted octanol–water partition coefficient (Wildman–Crippen LogP) is 0.334. The molecule has 0 amide bonds. The number of aromatic nitrogens is 2. The number of rotatable bonds is 3. The molecule has 0 aliphatic carbocycles. The van der Waals surface area contributed by atoms with E-state index < -0.39 is 0 Å². The highest BCUT2D eigenvalue weighted by Gasteiger charge is 2.09. The Hall–Kier alpha value is -0.870. The van der Waals surface area contributed by atoms with Crippen LogP contribution in [0.2, 0.25) is 0 Å². The Kier molecular flexibility index (Phi) is 2.62. The summed E-state index contributed by atoms with van der Waals surface area (Å²) in [6, 6.07) is 0.211. The number of hydrogen-bond donors (Lipinski definition) is 2. The molecule has 1 unspecified atom stereocenters. The van der Waals surface area contributed by atoms with Crippen LogP contribution < -0.4 is 11.3 Å². The zero-order valence-electron chi connectivity index (χ0n) is 6.91. The van der Waals surface area contributed by atoms with Gasteiger partial charge in [0.15, 0.2) is 0 Å². The molecule has 0 aromatic carbocycles. The minimum absolute atomic E-state index is 0.211. The fourth-order valence-corrected chi connectivity index (χ4v) is 1.12. The molecule has 0 saturated carbocycles. The van der Waals surface area contributed by atoms with Crippen molar-refractivity contribution in [3.8, 4) is 0 Å². The number of aryl methyl sites for hydroxylation is 1. The van der Waals surface area contributed by atoms with Gasteiger partial charge in [-0.05, 0) is 6.42 Å². The molecule has 11 heavy (non-hydrogen) atoms. The minimum atomic E-state index is 0.211. The second-order valence-corrected chi connectivity index (χ2v) is 2.56. The van der Waals surface area contributed by atoms with Crippen LogP contribution in [0.3, 0.4) is 0 Å². The Labute approximate surface area is 66.4 Å². The first-order chi connectivity index (χ1) is 5.29. The lowest BCUT2D eigenvalue weighted by molar-refractivity contribution is 0.510. The fourth-order valence-electron chi connectivity index (χ4n) is 1.12. The van der Waals surface area contributed by atoms with E-state index in [9.17, 15) is 0 Å². The summed E-state index contributed by atoms with van der Waals surface area (Å²) in [4.78, 5) is 4.01. The van der Waals surface area contributed by atoms with Gasteiger partial charge in [0.25, 0.3) is 0 Å². The molecule has 4 nitrogen and oxygen atoms in total. The molecule has 0 spiro atoms. The third-order valence-electron chi connectivity index (χ3n) is 1.82. The topological polar surface area (TPSA) is 55.9 Å². The van der Waals surface area contributed by atoms with Crippen LogP contribution in [0.5, 0.6) is 0 Å². The SMILES string of the molecule is CCC(NN)c1cncn1C. The molecular formula is C7H14N4. The van der Waals surface area contributed by atoms with Crippen molar-refractivity contribution in [2.75, 3.05) is 0 Å². The highest BCUT2D eigenvalue weighted by molar-refractivity contribution is 5.03. The largest absolute Gasteiger partial charge is 0.336 e. The average Bonchev–Trinajstić information content (AvgIpc) is 2.40. The third kappa shape index (κ3) is 1.58. The molecule has 1 rings (SSSR count). The van der Waals surface area contributed by atoms with E-state index in [1.54, 1.807) is 6.33 Å². The van der Waals surface area contributed by atoms with Gasteiger partial charge < -0.3 is 4.57 Å². The summed E-state index contributed by atoms with van der Waals surface area (Å²) < 4.78 is 1.97. The first-order valence-electron chi connectivity index (χ1n) is 3.72. The van der Waals surface area contributed by atoms with Crippen LogP contribution in [0.4, 0.5) is 0 Å². The number of hydrazine groups is 1. The Balaban J connectivity index is 2.81. The molecule has 1 aromatic rings. The van der Waals surface area contributed by atoms with E-state index in [1.165, 1.54) is 0 Å². The van der Waals surface area contributed by atoms with Gasteiger partial charge in [0.05, 0.1) is 18.1 Å². The molecule has 62 valence electrons. The molecule has 0 aliphatic heterocycles. The van der Waals surface area contributed by atoms with Crippen LogP contribution in [0.15, 0.2) is 12.5 Å². The number of imidazole rings is 1. The van der Waals surface area contributed by atoms with Gasteiger partial charge in [-0.25, -0.2) is 4.98 Å². The number of nitrogens with two attached hydrogens (primary N) is 1. The van der Waals surface area contributed by atoms with E-state index in [4.69, 9.17) is 5.84 Å². The molecule has 1 aromatic heterocycles. The monoisotopic (exact) mass is 154 g/mol. The molecule has 0 fully saturated rings. The maximum absolute atomic E-state index is 5.35. The van der Waals surface area contributed by atoms with Crippen molar-refractivity contribution in [1.82, 2.24) is 15.0 Å². The van der Waals surface area contributed by atoms with Crippen molar-refractivity contribution in [3.63, 3.8) is 0 Å². The highest BCUT2D eigenvalue weighted by atomic mass is 15.2. The van der Waals surface area contributed by atoms with E-state index >= 15 is 0 Å². The second kappa shape index (κ2) is 3.50. The van der Waals surface area contributed by atoms with Crippen molar-refractivity contribution in [2.24, 2.45) is 12.9 Å². The maximum atomic E-state index is 5.35. The number of nitrogens with zero attached hydrogens (tertiary/aromatic N) is 2. The van der Waals surface area contributed by atoms with Gasteiger partial charge >= 0.3 is 0 Å². The smallest absolute Gasteiger partial charge is 0.0946 e. The lowest BCUT2D eigenvalue weighted by Gasteiger charge is -2.13. The Bertz CT molecular complexity index is 214. The normalized spacial score (nSPS) is 13.4. The predicted molar refractivity (Wildman–Crippen MR) is 43.6 cm³/mol. The lowest BCUT2D eigenvalue weighted by atomic mass is 10.2. The van der Waals surface area contributed by atoms with E-state index in [0.29, 0.717) is 0 Å². The average molecular weight is 154 g/mol. The molecule has 0 saturated heterocycles. The molecule has 1 heterocycles. The van der Waals surface area contributed by atoms with E-state index in [0.717, 1.165) is 12.1 Å². The Morgan fingerprint density at radius 3 is 2.91 bits per heavy atom. The zero-order chi connectivity index (χ0) is 8.27. The van der Waals surface area contributed by atoms with Crippen LogP contribution >= 0.6 is 0 Å². The van der Waals surface area contributed by atoms with Crippen LogP contribution in [0, 0.1) is 0 Å². The van der Waals surface area contributed by atoms with Crippen LogP contribution in [-0.2, 0) is 7.05 Å². The highest BCUT2D eigenvalue weighted by Crippen LogP contribution is 2.12. The van der Waals surface area contributed by atoms with E-state index in [1.807, 2.05) is 17.8 Å². The summed E-state index contributed by atoms with van der Waals surface area (Å²) in [6.45, 7) is 2.08. The zero-order valence-corrected chi connectivity index (χ0v) is 6.91. The molecule has 0 bridgehead atoms. The molecular weight excluding hydrogens is 140 g/mol. The van der Waals surface area contributed by atoms with Crippen molar-refractivity contribution >= 4 is 0 Å². The third-order valence-corrected chi connectivity index (χ3v) is 1.82. The molecule has 0 radical (unpaired) electrons. The summed E-state index contributed by atoms with van der Waals surface area (Å²) in [5.41, 5.74) is 3.85. The first kappa shape index (κ1) is 8.23. The Morgan fingerprint density at radius 1 is 1.82 bits per heavy atom.